The molecular formula is C66H56N2. The molecule has 0 spiro atoms. The van der Waals surface area contributed by atoms with Crippen LogP contribution < -0.4 is 4.90 Å². The van der Waals surface area contributed by atoms with Gasteiger partial charge in [0.2, 0.25) is 0 Å². The van der Waals surface area contributed by atoms with Crippen LogP contribution in [0, 0.1) is 0 Å². The number of rotatable bonds is 6. The Morgan fingerprint density at radius 2 is 0.897 bits per heavy atom. The van der Waals surface area contributed by atoms with Gasteiger partial charge >= 0.3 is 0 Å². The number of aromatic nitrogens is 1. The minimum Gasteiger partial charge on any atom is -0.310 e. The van der Waals surface area contributed by atoms with E-state index in [4.69, 9.17) is 0 Å². The first-order chi connectivity index (χ1) is 33.0. The maximum absolute atomic E-state index is 2.53. The van der Waals surface area contributed by atoms with E-state index in [1.807, 2.05) is 0 Å². The van der Waals surface area contributed by atoms with Gasteiger partial charge in [0.05, 0.1) is 16.4 Å². The standard InChI is InChI=1S/C66H56N2/c1-63(2)37-38-64(3,4)60-41-47(33-36-58(60)63)68-61-30-17-13-26-53(61)54-35-32-48(42-62(54)68)67(46-31-34-52-49-23-10-14-27-55(49)65(5,6)59(52)40-46)45-22-18-21-44(39-45)66(43-19-8-7-9-20-43)56-28-15-11-24-50(56)51-25-12-16-29-57(51)66/h7-36,39-42H,37-38H2,1-6H3. The van der Waals surface area contributed by atoms with Crippen LogP contribution in [0.3, 0.4) is 0 Å². The second-order valence-corrected chi connectivity index (χ2v) is 21.5. The lowest BCUT2D eigenvalue weighted by Gasteiger charge is -2.42. The molecule has 0 fully saturated rings. The van der Waals surface area contributed by atoms with Crippen molar-refractivity contribution in [1.29, 1.82) is 0 Å². The maximum Gasteiger partial charge on any atom is 0.0714 e. The van der Waals surface area contributed by atoms with E-state index in [-0.39, 0.29) is 16.2 Å². The van der Waals surface area contributed by atoms with Gasteiger partial charge < -0.3 is 9.47 Å². The van der Waals surface area contributed by atoms with Crippen molar-refractivity contribution in [1.82, 2.24) is 4.57 Å². The third kappa shape index (κ3) is 5.70. The molecule has 2 nitrogen and oxygen atoms in total. The highest BCUT2D eigenvalue weighted by atomic mass is 15.1. The van der Waals surface area contributed by atoms with E-state index in [9.17, 15) is 0 Å². The summed E-state index contributed by atoms with van der Waals surface area (Å²) in [7, 11) is 0. The molecule has 0 saturated carbocycles. The average Bonchev–Trinajstić information content (AvgIpc) is 3.94. The number of nitrogens with zero attached hydrogens (tertiary/aromatic N) is 2. The normalized spacial score (nSPS) is 16.4. The van der Waals surface area contributed by atoms with E-state index in [1.54, 1.807) is 0 Å². The molecule has 9 aromatic carbocycles. The monoisotopic (exact) mass is 876 g/mol. The first-order valence-electron chi connectivity index (χ1n) is 24.6. The summed E-state index contributed by atoms with van der Waals surface area (Å²) >= 11 is 0. The van der Waals surface area contributed by atoms with Crippen molar-refractivity contribution < 1.29 is 0 Å². The molecule has 0 N–H and O–H groups in total. The number of hydrogen-bond acceptors (Lipinski definition) is 1. The summed E-state index contributed by atoms with van der Waals surface area (Å²) in [6, 6.07) is 78.3. The minimum absolute atomic E-state index is 0.0884. The van der Waals surface area contributed by atoms with Gasteiger partial charge in [-0.05, 0) is 145 Å². The molecule has 0 aliphatic heterocycles. The summed E-state index contributed by atoms with van der Waals surface area (Å²) in [4.78, 5) is 2.52. The molecule has 2 heteroatoms. The Bertz CT molecular complexity index is 3630. The van der Waals surface area contributed by atoms with Crippen LogP contribution in [0.5, 0.6) is 0 Å². The quantitative estimate of drug-likeness (QED) is 0.162. The molecule has 0 saturated heterocycles. The molecule has 0 radical (unpaired) electrons. The highest BCUT2D eigenvalue weighted by Crippen LogP contribution is 2.57. The van der Waals surface area contributed by atoms with Crippen LogP contribution in [-0.2, 0) is 21.7 Å². The van der Waals surface area contributed by atoms with Crippen molar-refractivity contribution >= 4 is 38.9 Å². The SMILES string of the molecule is CC1(C)CCC(C)(C)c2cc(-n3c4ccccc4c4ccc(N(c5cccc(C6(c7ccccc7)c7ccccc7-c7ccccc76)c5)c5ccc6c(c5)C(C)(C)c5ccccc5-6)cc43)ccc21. The Kier molecular flexibility index (Phi) is 8.73. The Hall–Kier alpha value is -7.42. The van der Waals surface area contributed by atoms with E-state index in [2.05, 4.69) is 257 Å². The van der Waals surface area contributed by atoms with Crippen LogP contribution >= 0.6 is 0 Å². The Morgan fingerprint density at radius 1 is 0.353 bits per heavy atom. The summed E-state index contributed by atoms with van der Waals surface area (Å²) in [6.07, 6.45) is 2.37. The third-order valence-corrected chi connectivity index (χ3v) is 16.5. The van der Waals surface area contributed by atoms with Crippen LogP contribution in [0.2, 0.25) is 0 Å². The zero-order chi connectivity index (χ0) is 46.2. The van der Waals surface area contributed by atoms with Gasteiger partial charge in [-0.2, -0.15) is 0 Å². The zero-order valence-electron chi connectivity index (χ0n) is 39.9. The van der Waals surface area contributed by atoms with E-state index in [0.717, 1.165) is 17.1 Å². The molecule has 1 aromatic heterocycles. The lowest BCUT2D eigenvalue weighted by atomic mass is 9.63. The van der Waals surface area contributed by atoms with Crippen molar-refractivity contribution in [3.8, 4) is 27.9 Å². The fraction of sp³-hybridized carbons (Fsp3) is 0.182. The van der Waals surface area contributed by atoms with E-state index < -0.39 is 5.41 Å². The van der Waals surface area contributed by atoms with Crippen LogP contribution in [0.1, 0.15) is 98.9 Å². The van der Waals surface area contributed by atoms with E-state index in [0.29, 0.717) is 0 Å². The van der Waals surface area contributed by atoms with Crippen molar-refractivity contribution in [3.63, 3.8) is 0 Å². The molecule has 3 aliphatic rings. The van der Waals surface area contributed by atoms with E-state index >= 15 is 0 Å². The van der Waals surface area contributed by atoms with Crippen LogP contribution in [-0.4, -0.2) is 4.57 Å². The number of para-hydroxylation sites is 1. The molecule has 3 aliphatic carbocycles. The summed E-state index contributed by atoms with van der Waals surface area (Å²) in [5.74, 6) is 0. The Labute approximate surface area is 401 Å². The largest absolute Gasteiger partial charge is 0.310 e. The highest BCUT2D eigenvalue weighted by Gasteiger charge is 2.46. The number of benzene rings is 9. The molecule has 68 heavy (non-hydrogen) atoms. The number of fused-ring (bicyclic) bond motifs is 10. The van der Waals surface area contributed by atoms with Gasteiger partial charge in [0.25, 0.3) is 0 Å². The lowest BCUT2D eigenvalue weighted by Crippen LogP contribution is -2.33. The number of anilines is 3. The van der Waals surface area contributed by atoms with Crippen molar-refractivity contribution in [2.45, 2.75) is 76.0 Å². The highest BCUT2D eigenvalue weighted by molar-refractivity contribution is 6.10. The summed E-state index contributed by atoms with van der Waals surface area (Å²) in [5.41, 5.74) is 22.6. The van der Waals surface area contributed by atoms with Gasteiger partial charge in [-0.25, -0.2) is 0 Å². The third-order valence-electron chi connectivity index (χ3n) is 16.5. The molecule has 0 atom stereocenters. The molecule has 1 heterocycles. The summed E-state index contributed by atoms with van der Waals surface area (Å²) < 4.78 is 2.53. The molecule has 0 unspecified atom stereocenters. The fourth-order valence-corrected chi connectivity index (χ4v) is 13.0. The van der Waals surface area contributed by atoms with Gasteiger partial charge in [0.1, 0.15) is 0 Å². The first kappa shape index (κ1) is 40.8. The number of hydrogen-bond donors (Lipinski definition) is 0. The zero-order valence-corrected chi connectivity index (χ0v) is 39.9. The van der Waals surface area contributed by atoms with E-state index in [1.165, 1.54) is 107 Å². The second kappa shape index (κ2) is 14.5. The summed E-state index contributed by atoms with van der Waals surface area (Å²) in [5, 5.41) is 2.52. The van der Waals surface area contributed by atoms with Gasteiger partial charge in [-0.1, -0.05) is 193 Å². The van der Waals surface area contributed by atoms with Crippen molar-refractivity contribution in [3.05, 3.63) is 251 Å². The van der Waals surface area contributed by atoms with Gasteiger partial charge in [0, 0.05) is 38.9 Å². The van der Waals surface area contributed by atoms with Gasteiger partial charge in [-0.15, -0.1) is 0 Å². The molecular weight excluding hydrogens is 821 g/mol. The van der Waals surface area contributed by atoms with Crippen molar-refractivity contribution in [2.75, 3.05) is 4.90 Å². The molecule has 13 rings (SSSR count). The molecule has 10 aromatic rings. The van der Waals surface area contributed by atoms with Crippen LogP contribution in [0.4, 0.5) is 17.1 Å². The van der Waals surface area contributed by atoms with Crippen LogP contribution in [0.15, 0.2) is 206 Å². The molecule has 0 bridgehead atoms. The summed E-state index contributed by atoms with van der Waals surface area (Å²) in [6.45, 7) is 14.5. The predicted octanol–water partition coefficient (Wildman–Crippen LogP) is 17.3. The topological polar surface area (TPSA) is 8.17 Å². The van der Waals surface area contributed by atoms with Crippen LogP contribution in [0.25, 0.3) is 49.7 Å². The smallest absolute Gasteiger partial charge is 0.0714 e. The fourth-order valence-electron chi connectivity index (χ4n) is 13.0. The van der Waals surface area contributed by atoms with Gasteiger partial charge in [-0.3, -0.25) is 0 Å². The average molecular weight is 877 g/mol. The lowest BCUT2D eigenvalue weighted by molar-refractivity contribution is 0.332. The molecule has 0 amide bonds. The Balaban J connectivity index is 1.07. The van der Waals surface area contributed by atoms with Gasteiger partial charge in [0.15, 0.2) is 0 Å². The molecule has 330 valence electrons. The maximum atomic E-state index is 2.53. The Morgan fingerprint density at radius 3 is 1.63 bits per heavy atom. The predicted molar refractivity (Wildman–Crippen MR) is 286 cm³/mol. The second-order valence-electron chi connectivity index (χ2n) is 21.5. The van der Waals surface area contributed by atoms with Crippen molar-refractivity contribution in [2.24, 2.45) is 0 Å². The minimum atomic E-state index is -0.525. The first-order valence-corrected chi connectivity index (χ1v) is 24.6.